The summed E-state index contributed by atoms with van der Waals surface area (Å²) in [6.45, 7) is 3.98. The van der Waals surface area contributed by atoms with E-state index in [1.54, 1.807) is 17.0 Å². The molecule has 130 valence electrons. The number of unbranched alkanes of at least 4 members (excludes halogenated alkanes) is 1. The van der Waals surface area contributed by atoms with Crippen LogP contribution in [0.25, 0.3) is 0 Å². The molecule has 0 spiro atoms. The van der Waals surface area contributed by atoms with Crippen molar-refractivity contribution >= 4 is 11.8 Å². The Labute approximate surface area is 148 Å². The van der Waals surface area contributed by atoms with Crippen LogP contribution in [0.2, 0.25) is 0 Å². The van der Waals surface area contributed by atoms with Crippen LogP contribution in [0.15, 0.2) is 42.6 Å². The zero-order valence-corrected chi connectivity index (χ0v) is 14.5. The van der Waals surface area contributed by atoms with E-state index in [2.05, 4.69) is 29.4 Å². The second-order valence-electron chi connectivity index (χ2n) is 6.28. The van der Waals surface area contributed by atoms with Crippen molar-refractivity contribution in [3.8, 4) is 0 Å². The van der Waals surface area contributed by atoms with Crippen LogP contribution in [0.5, 0.6) is 0 Å². The van der Waals surface area contributed by atoms with Gasteiger partial charge in [-0.3, -0.25) is 14.6 Å². The first kappa shape index (κ1) is 17.1. The van der Waals surface area contributed by atoms with Gasteiger partial charge < -0.3 is 10.2 Å². The Morgan fingerprint density at radius 3 is 2.80 bits per heavy atom. The van der Waals surface area contributed by atoms with Gasteiger partial charge in [-0.05, 0) is 36.1 Å². The minimum Gasteiger partial charge on any atom is -0.352 e. The summed E-state index contributed by atoms with van der Waals surface area (Å²) in [6.07, 6.45) is 4.34. The Morgan fingerprint density at radius 2 is 2.00 bits per heavy atom. The number of benzene rings is 1. The van der Waals surface area contributed by atoms with Gasteiger partial charge in [0.05, 0.1) is 0 Å². The summed E-state index contributed by atoms with van der Waals surface area (Å²) in [5.41, 5.74) is 3.27. The lowest BCUT2D eigenvalue weighted by molar-refractivity contribution is 0.0728. The third kappa shape index (κ3) is 4.05. The number of hydrogen-bond acceptors (Lipinski definition) is 3. The summed E-state index contributed by atoms with van der Waals surface area (Å²) in [7, 11) is 0. The smallest absolute Gasteiger partial charge is 0.272 e. The van der Waals surface area contributed by atoms with Gasteiger partial charge in [-0.25, -0.2) is 0 Å². The third-order valence-electron chi connectivity index (χ3n) is 4.47. The zero-order chi connectivity index (χ0) is 17.6. The summed E-state index contributed by atoms with van der Waals surface area (Å²) < 4.78 is 0. The monoisotopic (exact) mass is 337 g/mol. The average molecular weight is 337 g/mol. The van der Waals surface area contributed by atoms with Crippen LogP contribution < -0.4 is 5.32 Å². The van der Waals surface area contributed by atoms with E-state index in [1.807, 2.05) is 12.1 Å². The molecule has 0 aliphatic carbocycles. The molecular formula is C20H23N3O2. The highest BCUT2D eigenvalue weighted by Crippen LogP contribution is 2.20. The van der Waals surface area contributed by atoms with Gasteiger partial charge in [-0.2, -0.15) is 0 Å². The molecule has 0 saturated carbocycles. The minimum absolute atomic E-state index is 0.127. The predicted molar refractivity (Wildman–Crippen MR) is 96.4 cm³/mol. The molecule has 1 aliphatic heterocycles. The van der Waals surface area contributed by atoms with Crippen molar-refractivity contribution < 1.29 is 9.59 Å². The lowest BCUT2D eigenvalue weighted by Gasteiger charge is -2.28. The van der Waals surface area contributed by atoms with Crippen LogP contribution in [-0.2, 0) is 13.0 Å². The summed E-state index contributed by atoms with van der Waals surface area (Å²) in [5, 5.41) is 2.87. The van der Waals surface area contributed by atoms with E-state index in [-0.39, 0.29) is 11.8 Å². The van der Waals surface area contributed by atoms with E-state index >= 15 is 0 Å². The molecule has 0 saturated heterocycles. The van der Waals surface area contributed by atoms with E-state index in [1.165, 1.54) is 17.3 Å². The summed E-state index contributed by atoms with van der Waals surface area (Å²) >= 11 is 0. The van der Waals surface area contributed by atoms with Crippen LogP contribution in [0, 0.1) is 0 Å². The number of carbonyl (C=O) groups is 2. The van der Waals surface area contributed by atoms with Crippen molar-refractivity contribution in [2.24, 2.45) is 0 Å². The third-order valence-corrected chi connectivity index (χ3v) is 4.47. The van der Waals surface area contributed by atoms with Crippen molar-refractivity contribution in [1.29, 1.82) is 0 Å². The molecule has 0 atom stereocenters. The Balaban J connectivity index is 1.71. The fraction of sp³-hybridized carbons (Fsp3) is 0.350. The molecule has 5 heteroatoms. The number of pyridine rings is 1. The van der Waals surface area contributed by atoms with E-state index in [9.17, 15) is 9.59 Å². The van der Waals surface area contributed by atoms with E-state index in [0.29, 0.717) is 30.9 Å². The van der Waals surface area contributed by atoms with Gasteiger partial charge in [0, 0.05) is 31.4 Å². The van der Waals surface area contributed by atoms with Gasteiger partial charge >= 0.3 is 0 Å². The van der Waals surface area contributed by atoms with Crippen LogP contribution in [0.3, 0.4) is 0 Å². The molecule has 2 amide bonds. The summed E-state index contributed by atoms with van der Waals surface area (Å²) in [6, 6.07) is 11.4. The fourth-order valence-corrected chi connectivity index (χ4v) is 3.00. The first-order valence-corrected chi connectivity index (χ1v) is 8.79. The molecule has 5 nitrogen and oxygen atoms in total. The molecule has 25 heavy (non-hydrogen) atoms. The predicted octanol–water partition coefficient (Wildman–Crippen LogP) is 2.81. The highest BCUT2D eigenvalue weighted by atomic mass is 16.2. The molecule has 1 N–H and O–H groups in total. The topological polar surface area (TPSA) is 62.3 Å². The molecule has 0 unspecified atom stereocenters. The minimum atomic E-state index is -0.158. The molecule has 2 aromatic rings. The number of aromatic nitrogens is 1. The second kappa shape index (κ2) is 7.92. The zero-order valence-electron chi connectivity index (χ0n) is 14.5. The lowest BCUT2D eigenvalue weighted by Crippen LogP contribution is -2.36. The average Bonchev–Trinajstić information content (AvgIpc) is 2.67. The quantitative estimate of drug-likeness (QED) is 0.854. The number of carbonyl (C=O) groups excluding carboxylic acids is 2. The maximum atomic E-state index is 12.8. The van der Waals surface area contributed by atoms with Gasteiger partial charge in [0.1, 0.15) is 5.69 Å². The largest absolute Gasteiger partial charge is 0.352 e. The molecule has 1 aliphatic rings. The molecule has 0 radical (unpaired) electrons. The van der Waals surface area contributed by atoms with E-state index < -0.39 is 0 Å². The van der Waals surface area contributed by atoms with Crippen LogP contribution in [-0.4, -0.2) is 34.8 Å². The Hall–Kier alpha value is -2.69. The Bertz CT molecular complexity index is 773. The van der Waals surface area contributed by atoms with E-state index in [4.69, 9.17) is 0 Å². The maximum Gasteiger partial charge on any atom is 0.272 e. The SMILES string of the molecule is CCCCNC(=O)c1ccnc(C(=O)N2CCc3ccccc3C2)c1. The fourth-order valence-electron chi connectivity index (χ4n) is 3.00. The first-order valence-electron chi connectivity index (χ1n) is 8.79. The van der Waals surface area contributed by atoms with Gasteiger partial charge in [0.2, 0.25) is 0 Å². The number of rotatable bonds is 5. The molecular weight excluding hydrogens is 314 g/mol. The summed E-state index contributed by atoms with van der Waals surface area (Å²) in [4.78, 5) is 30.9. The number of nitrogens with zero attached hydrogens (tertiary/aromatic N) is 2. The van der Waals surface area contributed by atoms with Gasteiger partial charge in [0.15, 0.2) is 0 Å². The number of nitrogens with one attached hydrogen (secondary N) is 1. The number of hydrogen-bond donors (Lipinski definition) is 1. The van der Waals surface area contributed by atoms with Crippen molar-refractivity contribution in [2.75, 3.05) is 13.1 Å². The second-order valence-corrected chi connectivity index (χ2v) is 6.28. The highest BCUT2D eigenvalue weighted by molar-refractivity contribution is 5.98. The molecule has 1 aromatic heterocycles. The molecule has 0 bridgehead atoms. The Kier molecular flexibility index (Phi) is 5.43. The molecule has 2 heterocycles. The lowest BCUT2D eigenvalue weighted by atomic mass is 9.99. The number of amides is 2. The summed E-state index contributed by atoms with van der Waals surface area (Å²) in [5.74, 6) is -0.286. The normalized spacial score (nSPS) is 13.2. The first-order chi connectivity index (χ1) is 12.2. The standard InChI is InChI=1S/C20H23N3O2/c1-2-3-10-22-19(24)16-8-11-21-18(13-16)20(25)23-12-9-15-6-4-5-7-17(15)14-23/h4-8,11,13H,2-3,9-10,12,14H2,1H3,(H,22,24). The van der Waals surface area contributed by atoms with Gasteiger partial charge in [0.25, 0.3) is 11.8 Å². The van der Waals surface area contributed by atoms with Gasteiger partial charge in [-0.1, -0.05) is 37.6 Å². The number of fused-ring (bicyclic) bond motifs is 1. The van der Waals surface area contributed by atoms with E-state index in [0.717, 1.165) is 19.3 Å². The van der Waals surface area contributed by atoms with Crippen molar-refractivity contribution in [3.05, 3.63) is 65.0 Å². The van der Waals surface area contributed by atoms with Gasteiger partial charge in [-0.15, -0.1) is 0 Å². The molecule has 3 rings (SSSR count). The van der Waals surface area contributed by atoms with Crippen LogP contribution in [0.1, 0.15) is 51.7 Å². The Morgan fingerprint density at radius 1 is 1.20 bits per heavy atom. The maximum absolute atomic E-state index is 12.8. The van der Waals surface area contributed by atoms with Crippen LogP contribution >= 0.6 is 0 Å². The molecule has 1 aromatic carbocycles. The van der Waals surface area contributed by atoms with Crippen molar-refractivity contribution in [2.45, 2.75) is 32.7 Å². The highest BCUT2D eigenvalue weighted by Gasteiger charge is 2.23. The molecule has 0 fully saturated rings. The van der Waals surface area contributed by atoms with Crippen LogP contribution in [0.4, 0.5) is 0 Å². The van der Waals surface area contributed by atoms with Crippen molar-refractivity contribution in [3.63, 3.8) is 0 Å². The van der Waals surface area contributed by atoms with Crippen molar-refractivity contribution in [1.82, 2.24) is 15.2 Å².